The number of nitrogens with zero attached hydrogens (tertiary/aromatic N) is 4. The van der Waals surface area contributed by atoms with Crippen LogP contribution in [0.3, 0.4) is 0 Å². The van der Waals surface area contributed by atoms with Crippen molar-refractivity contribution in [1.29, 1.82) is 0 Å². The highest BCUT2D eigenvalue weighted by Gasteiger charge is 2.12. The molecule has 4 aromatic rings. The summed E-state index contributed by atoms with van der Waals surface area (Å²) in [6.45, 7) is 2.01. The summed E-state index contributed by atoms with van der Waals surface area (Å²) in [5, 5.41) is 9.19. The van der Waals surface area contributed by atoms with E-state index in [2.05, 4.69) is 25.4 Å². The second-order valence-electron chi connectivity index (χ2n) is 6.18. The molecule has 0 spiro atoms. The standard InChI is InChI=1S/C20H17N5O2S/c1-13-5-4-6-14(11-13)19-24-18(27-25-19)9-8-17(26)23-20-22-16(12-28-20)15-7-2-3-10-21-15/h2-7,10-12H,8-9H2,1H3,(H,22,23,26). The summed E-state index contributed by atoms with van der Waals surface area (Å²) in [7, 11) is 0. The molecule has 3 heterocycles. The lowest BCUT2D eigenvalue weighted by Gasteiger charge is -1.99. The minimum Gasteiger partial charge on any atom is -0.339 e. The molecule has 3 aromatic heterocycles. The van der Waals surface area contributed by atoms with Gasteiger partial charge in [0.2, 0.25) is 17.6 Å². The van der Waals surface area contributed by atoms with E-state index < -0.39 is 0 Å². The Morgan fingerprint density at radius 3 is 2.89 bits per heavy atom. The maximum Gasteiger partial charge on any atom is 0.227 e. The van der Waals surface area contributed by atoms with Crippen LogP contribution < -0.4 is 5.32 Å². The average Bonchev–Trinajstić information content (AvgIpc) is 3.37. The zero-order valence-corrected chi connectivity index (χ0v) is 15.9. The molecular formula is C20H17N5O2S. The van der Waals surface area contributed by atoms with Gasteiger partial charge in [-0.05, 0) is 25.1 Å². The van der Waals surface area contributed by atoms with Crippen LogP contribution in [0.2, 0.25) is 0 Å². The Balaban J connectivity index is 1.33. The van der Waals surface area contributed by atoms with E-state index >= 15 is 0 Å². The van der Waals surface area contributed by atoms with E-state index in [4.69, 9.17) is 4.52 Å². The van der Waals surface area contributed by atoms with Crippen LogP contribution in [0.5, 0.6) is 0 Å². The molecule has 0 aliphatic heterocycles. The smallest absolute Gasteiger partial charge is 0.227 e. The molecule has 1 aromatic carbocycles. The molecule has 0 saturated carbocycles. The van der Waals surface area contributed by atoms with E-state index in [0.29, 0.717) is 23.3 Å². The van der Waals surface area contributed by atoms with E-state index in [1.807, 2.05) is 54.8 Å². The third-order valence-corrected chi connectivity index (χ3v) is 4.75. The largest absolute Gasteiger partial charge is 0.339 e. The molecule has 0 saturated heterocycles. The third kappa shape index (κ3) is 4.29. The molecule has 0 unspecified atom stereocenters. The number of nitrogens with one attached hydrogen (secondary N) is 1. The maximum atomic E-state index is 12.2. The van der Waals surface area contributed by atoms with Gasteiger partial charge in [-0.3, -0.25) is 9.78 Å². The number of rotatable bonds is 6. The predicted molar refractivity (Wildman–Crippen MR) is 107 cm³/mol. The Bertz CT molecular complexity index is 1090. The molecule has 1 N–H and O–H groups in total. The number of hydrogen-bond donors (Lipinski definition) is 1. The van der Waals surface area contributed by atoms with E-state index in [-0.39, 0.29) is 12.3 Å². The van der Waals surface area contributed by atoms with Gasteiger partial charge in [-0.1, -0.05) is 35.0 Å². The second kappa shape index (κ2) is 8.10. The topological polar surface area (TPSA) is 93.8 Å². The van der Waals surface area contributed by atoms with Crippen LogP contribution in [0.1, 0.15) is 17.9 Å². The van der Waals surface area contributed by atoms with E-state index in [1.54, 1.807) is 6.20 Å². The van der Waals surface area contributed by atoms with Crippen LogP contribution in [0.15, 0.2) is 58.6 Å². The Kier molecular flexibility index (Phi) is 5.20. The molecule has 8 heteroatoms. The summed E-state index contributed by atoms with van der Waals surface area (Å²) in [6, 6.07) is 13.5. The number of carbonyl (C=O) groups excluding carboxylic acids is 1. The van der Waals surface area contributed by atoms with Gasteiger partial charge in [-0.2, -0.15) is 4.98 Å². The van der Waals surface area contributed by atoms with Crippen molar-refractivity contribution < 1.29 is 9.32 Å². The first kappa shape index (κ1) is 18.0. The Labute approximate surface area is 165 Å². The maximum absolute atomic E-state index is 12.2. The van der Waals surface area contributed by atoms with Crippen molar-refractivity contribution >= 4 is 22.4 Å². The first-order valence-corrected chi connectivity index (χ1v) is 9.62. The van der Waals surface area contributed by atoms with E-state index in [0.717, 1.165) is 22.5 Å². The highest BCUT2D eigenvalue weighted by molar-refractivity contribution is 7.14. The molecule has 0 aliphatic rings. The van der Waals surface area contributed by atoms with Gasteiger partial charge in [-0.15, -0.1) is 11.3 Å². The van der Waals surface area contributed by atoms with Crippen molar-refractivity contribution in [2.75, 3.05) is 5.32 Å². The van der Waals surface area contributed by atoms with Gasteiger partial charge in [0.15, 0.2) is 5.13 Å². The number of thiazole rings is 1. The van der Waals surface area contributed by atoms with Crippen LogP contribution in [-0.4, -0.2) is 26.0 Å². The number of anilines is 1. The van der Waals surface area contributed by atoms with Crippen molar-refractivity contribution in [3.63, 3.8) is 0 Å². The predicted octanol–water partition coefficient (Wildman–Crippen LogP) is 4.13. The van der Waals surface area contributed by atoms with Gasteiger partial charge in [0, 0.05) is 30.0 Å². The lowest BCUT2D eigenvalue weighted by molar-refractivity contribution is -0.116. The Morgan fingerprint density at radius 1 is 1.14 bits per heavy atom. The fraction of sp³-hybridized carbons (Fsp3) is 0.150. The van der Waals surface area contributed by atoms with E-state index in [9.17, 15) is 4.79 Å². The summed E-state index contributed by atoms with van der Waals surface area (Å²) in [6.07, 6.45) is 2.30. The summed E-state index contributed by atoms with van der Waals surface area (Å²) in [5.74, 6) is 0.802. The van der Waals surface area contributed by atoms with Gasteiger partial charge >= 0.3 is 0 Å². The van der Waals surface area contributed by atoms with Crippen molar-refractivity contribution in [2.24, 2.45) is 0 Å². The molecule has 0 atom stereocenters. The minimum atomic E-state index is -0.155. The summed E-state index contributed by atoms with van der Waals surface area (Å²) < 4.78 is 5.26. The minimum absolute atomic E-state index is 0.155. The van der Waals surface area contributed by atoms with Crippen molar-refractivity contribution in [2.45, 2.75) is 19.8 Å². The number of aromatic nitrogens is 4. The van der Waals surface area contributed by atoms with Crippen molar-refractivity contribution in [3.8, 4) is 22.8 Å². The molecule has 0 aliphatic carbocycles. The monoisotopic (exact) mass is 391 g/mol. The van der Waals surface area contributed by atoms with Crippen LogP contribution in [0, 0.1) is 6.92 Å². The molecular weight excluding hydrogens is 374 g/mol. The number of aryl methyl sites for hydroxylation is 2. The second-order valence-corrected chi connectivity index (χ2v) is 7.04. The summed E-state index contributed by atoms with van der Waals surface area (Å²) in [4.78, 5) is 25.2. The molecule has 7 nitrogen and oxygen atoms in total. The number of hydrogen-bond acceptors (Lipinski definition) is 7. The van der Waals surface area contributed by atoms with Gasteiger partial charge in [-0.25, -0.2) is 4.98 Å². The molecule has 1 amide bonds. The van der Waals surface area contributed by atoms with Gasteiger partial charge in [0.1, 0.15) is 5.69 Å². The number of pyridine rings is 1. The normalized spacial score (nSPS) is 10.8. The lowest BCUT2D eigenvalue weighted by Crippen LogP contribution is -2.12. The summed E-state index contributed by atoms with van der Waals surface area (Å²) in [5.41, 5.74) is 3.52. The van der Waals surface area contributed by atoms with Gasteiger partial charge < -0.3 is 9.84 Å². The summed E-state index contributed by atoms with van der Waals surface area (Å²) >= 11 is 1.36. The quantitative estimate of drug-likeness (QED) is 0.531. The highest BCUT2D eigenvalue weighted by atomic mass is 32.1. The number of amides is 1. The van der Waals surface area contributed by atoms with Crippen LogP contribution in [0.25, 0.3) is 22.8 Å². The fourth-order valence-corrected chi connectivity index (χ4v) is 3.34. The van der Waals surface area contributed by atoms with Crippen LogP contribution in [-0.2, 0) is 11.2 Å². The molecule has 28 heavy (non-hydrogen) atoms. The zero-order valence-electron chi connectivity index (χ0n) is 15.1. The van der Waals surface area contributed by atoms with Crippen molar-refractivity contribution in [1.82, 2.24) is 20.1 Å². The number of carbonyl (C=O) groups is 1. The molecule has 0 bridgehead atoms. The average molecular weight is 391 g/mol. The number of benzene rings is 1. The van der Waals surface area contributed by atoms with Crippen molar-refractivity contribution in [3.05, 3.63) is 65.5 Å². The van der Waals surface area contributed by atoms with Gasteiger partial charge in [0.05, 0.1) is 5.69 Å². The third-order valence-electron chi connectivity index (χ3n) is 3.99. The SMILES string of the molecule is Cc1cccc(-c2noc(CCC(=O)Nc3nc(-c4ccccn4)cs3)n2)c1. The highest BCUT2D eigenvalue weighted by Crippen LogP contribution is 2.23. The molecule has 0 fully saturated rings. The fourth-order valence-electron chi connectivity index (χ4n) is 2.62. The Morgan fingerprint density at radius 2 is 2.07 bits per heavy atom. The van der Waals surface area contributed by atoms with Crippen LogP contribution in [0.4, 0.5) is 5.13 Å². The van der Waals surface area contributed by atoms with Crippen LogP contribution >= 0.6 is 11.3 Å². The first-order chi connectivity index (χ1) is 13.7. The van der Waals surface area contributed by atoms with Gasteiger partial charge in [0.25, 0.3) is 0 Å². The first-order valence-electron chi connectivity index (χ1n) is 8.74. The van der Waals surface area contributed by atoms with E-state index in [1.165, 1.54) is 11.3 Å². The molecule has 0 radical (unpaired) electrons. The lowest BCUT2D eigenvalue weighted by atomic mass is 10.1. The molecule has 4 rings (SSSR count). The Hall–Kier alpha value is -3.39. The zero-order chi connectivity index (χ0) is 19.3. The molecule has 140 valence electrons.